The minimum absolute atomic E-state index is 0.00882. The summed E-state index contributed by atoms with van der Waals surface area (Å²) in [5, 5.41) is 108. The molecule has 1 aromatic heterocycles. The highest BCUT2D eigenvalue weighted by Gasteiger charge is 2.50. The van der Waals surface area contributed by atoms with Crippen LogP contribution in [-0.2, 0) is 44.7 Å². The maximum Gasteiger partial charge on any atom is 0.407 e. The number of rotatable bonds is 22. The molecule has 6 aromatic rings. The van der Waals surface area contributed by atoms with E-state index in [1.807, 2.05) is 72.8 Å². The van der Waals surface area contributed by atoms with E-state index in [2.05, 4.69) is 54.3 Å². The molecule has 0 unspecified atom stereocenters. The monoisotopic (exact) mass is 1450 g/mol. The van der Waals surface area contributed by atoms with Crippen LogP contribution in [0.25, 0.3) is 32.3 Å². The first kappa shape index (κ1) is 76.5. The van der Waals surface area contributed by atoms with Crippen LogP contribution in [0.1, 0.15) is 92.3 Å². The van der Waals surface area contributed by atoms with Gasteiger partial charge in [-0.25, -0.2) is 4.79 Å². The van der Waals surface area contributed by atoms with Crippen molar-refractivity contribution in [2.24, 2.45) is 5.92 Å². The molecule has 0 saturated carbocycles. The molecule has 30 nitrogen and oxygen atoms in total. The van der Waals surface area contributed by atoms with Gasteiger partial charge < -0.3 is 97.0 Å². The molecular formula is C73H87N11O19S. The van der Waals surface area contributed by atoms with Gasteiger partial charge in [-0.05, 0) is 96.1 Å². The molecule has 10 rings (SSSR count). The largest absolute Gasteiger partial charge is 0.504 e. The number of phenols is 1. The number of nitrogens with zero attached hydrogens (tertiary/aromatic N) is 4. The van der Waals surface area contributed by atoms with Crippen LogP contribution in [0.2, 0.25) is 0 Å². The van der Waals surface area contributed by atoms with Gasteiger partial charge in [0.05, 0.1) is 43.2 Å². The molecule has 31 heteroatoms. The van der Waals surface area contributed by atoms with Crippen molar-refractivity contribution < 1.29 is 93.1 Å². The summed E-state index contributed by atoms with van der Waals surface area (Å²) in [4.78, 5) is 131. The first-order valence-electron chi connectivity index (χ1n) is 34.5. The molecule has 3 aliphatic heterocycles. The van der Waals surface area contributed by atoms with Crippen molar-refractivity contribution in [3.63, 3.8) is 0 Å². The predicted molar refractivity (Wildman–Crippen MR) is 376 cm³/mol. The molecule has 0 radical (unpaired) electrons. The van der Waals surface area contributed by atoms with Crippen LogP contribution in [0.5, 0.6) is 17.2 Å². The second kappa shape index (κ2) is 34.9. The quantitative estimate of drug-likeness (QED) is 0.0424. The Bertz CT molecular complexity index is 4020. The van der Waals surface area contributed by atoms with Crippen molar-refractivity contribution in [2.75, 3.05) is 53.0 Å². The first-order chi connectivity index (χ1) is 49.9. The summed E-state index contributed by atoms with van der Waals surface area (Å²) in [6.07, 6.45) is -10.8. The average Bonchev–Trinajstić information content (AvgIpc) is 1.61. The summed E-state index contributed by atoms with van der Waals surface area (Å²) in [7, 11) is 1.35. The number of aromatic hydroxyl groups is 1. The number of fused-ring (bicyclic) bond motifs is 5. The molecule has 1 aliphatic carbocycles. The van der Waals surface area contributed by atoms with E-state index in [-0.39, 0.29) is 35.9 Å². The van der Waals surface area contributed by atoms with E-state index in [0.717, 1.165) is 75.6 Å². The number of β-amino-alcohol motifs (C(OH)–C–C–N with tert-alkyl or cyclic N) is 1. The van der Waals surface area contributed by atoms with E-state index in [0.29, 0.717) is 22.2 Å². The van der Waals surface area contributed by atoms with Gasteiger partial charge in [0.15, 0.2) is 18.1 Å². The van der Waals surface area contributed by atoms with Crippen molar-refractivity contribution in [3.05, 3.63) is 138 Å². The number of benzene rings is 5. The number of hydrogen-bond acceptors (Lipinski definition) is 22. The van der Waals surface area contributed by atoms with Gasteiger partial charge in [-0.1, -0.05) is 105 Å². The fourth-order valence-corrected chi connectivity index (χ4v) is 14.0. The van der Waals surface area contributed by atoms with E-state index in [4.69, 9.17) is 14.2 Å². The molecule has 3 saturated heterocycles. The molecule has 13 atom stereocenters. The zero-order valence-electron chi connectivity index (χ0n) is 57.7. The highest BCUT2D eigenvalue weighted by Crippen LogP contribution is 2.45. The van der Waals surface area contributed by atoms with Crippen molar-refractivity contribution >= 4 is 64.7 Å². The number of alkyl carbamates (subject to hydrolysis) is 1. The zero-order chi connectivity index (χ0) is 74.5. The Labute approximate surface area is 602 Å². The number of carbonyl (C=O) groups is 9. The first-order valence-corrected chi connectivity index (χ1v) is 35.3. The van der Waals surface area contributed by atoms with Crippen LogP contribution in [0.4, 0.5) is 4.79 Å². The molecule has 14 N–H and O–H groups in total. The van der Waals surface area contributed by atoms with E-state index >= 15 is 9.59 Å². The Balaban J connectivity index is 0.925. The SMILES string of the molecule is CCCCCOc1ccc(-c2nnc(-c3ccc(C(=O)N[C@H]4C[C@@H](O)CNC(=O)[C@@H]5[C@@H](O)[C@@H](C)CN5C(=O)[C@H]([C@H](O)CCNC(=O)OCC5c6ccccc6-c6ccccc65)NC(=O)[C@H]([C@H](O)Cc5ccc(O)c(OCC(=O)NC)c5)NC(=O)[C@@H]5C[C@@H](O)CN5C(=O)[C@H]([C@@H](C)O)NC4=O)cc3)s2)cc1. The van der Waals surface area contributed by atoms with Crippen molar-refractivity contribution in [3.8, 4) is 49.5 Å². The lowest BCUT2D eigenvalue weighted by atomic mass is 9.98. The van der Waals surface area contributed by atoms with E-state index < -0.39 is 190 Å². The average molecular weight is 1450 g/mol. The van der Waals surface area contributed by atoms with Crippen molar-refractivity contribution in [2.45, 2.75) is 145 Å². The lowest BCUT2D eigenvalue weighted by Gasteiger charge is -2.34. The van der Waals surface area contributed by atoms with Crippen LogP contribution in [0, 0.1) is 5.92 Å². The lowest BCUT2D eigenvalue weighted by molar-refractivity contribution is -0.147. The van der Waals surface area contributed by atoms with Gasteiger partial charge in [-0.3, -0.25) is 38.4 Å². The number of aromatic nitrogens is 2. The molecule has 9 amide bonds. The summed E-state index contributed by atoms with van der Waals surface area (Å²) >= 11 is 1.29. The normalized spacial score (nSPS) is 23.4. The number of unbranched alkanes of at least 4 members (excludes halogenated alkanes) is 2. The van der Waals surface area contributed by atoms with E-state index in [1.54, 1.807) is 12.1 Å². The Morgan fingerprint density at radius 3 is 1.99 bits per heavy atom. The van der Waals surface area contributed by atoms with Gasteiger partial charge in [0.2, 0.25) is 35.4 Å². The maximum atomic E-state index is 15.3. The maximum absolute atomic E-state index is 15.3. The number of ether oxygens (including phenoxy) is 3. The Morgan fingerprint density at radius 2 is 1.34 bits per heavy atom. The summed E-state index contributed by atoms with van der Waals surface area (Å²) < 4.78 is 17.0. The third-order valence-corrected chi connectivity index (χ3v) is 19.9. The topological polar surface area (TPSA) is 439 Å². The molecule has 4 aliphatic rings. The van der Waals surface area contributed by atoms with Gasteiger partial charge >= 0.3 is 6.09 Å². The fourth-order valence-electron chi connectivity index (χ4n) is 13.1. The fraction of sp³-hybridized carbons (Fsp3) is 0.438. The molecular weight excluding hydrogens is 1370 g/mol. The zero-order valence-corrected chi connectivity index (χ0v) is 58.5. The second-order valence-corrected chi connectivity index (χ2v) is 27.4. The number of aliphatic hydroxyl groups is 6. The van der Waals surface area contributed by atoms with Crippen LogP contribution in [-0.4, -0.2) is 235 Å². The summed E-state index contributed by atoms with van der Waals surface area (Å²) in [6, 6.07) is 21.0. The van der Waals surface area contributed by atoms with E-state index in [1.165, 1.54) is 49.6 Å². The minimum Gasteiger partial charge on any atom is -0.504 e. The lowest BCUT2D eigenvalue weighted by Crippen LogP contribution is -2.64. The number of carbonyl (C=O) groups excluding carboxylic acids is 9. The molecule has 0 bridgehead atoms. The number of likely N-dealkylation sites (N-methyl/N-ethyl adjacent to an activating group) is 1. The van der Waals surface area contributed by atoms with Crippen molar-refractivity contribution in [1.82, 2.24) is 57.2 Å². The molecule has 4 heterocycles. The summed E-state index contributed by atoms with van der Waals surface area (Å²) in [5.74, 6) is -9.72. The van der Waals surface area contributed by atoms with Gasteiger partial charge in [0.1, 0.15) is 58.6 Å². The van der Waals surface area contributed by atoms with Crippen LogP contribution in [0.3, 0.4) is 0 Å². The molecule has 554 valence electrons. The second-order valence-electron chi connectivity index (χ2n) is 26.4. The third kappa shape index (κ3) is 18.4. The number of hydrogen-bond donors (Lipinski definition) is 14. The van der Waals surface area contributed by atoms with E-state index in [9.17, 15) is 69.3 Å². The van der Waals surface area contributed by atoms with Gasteiger partial charge in [0, 0.05) is 81.0 Å². The summed E-state index contributed by atoms with van der Waals surface area (Å²) in [5.41, 5.74) is 5.35. The Hall–Kier alpha value is -10.1. The van der Waals surface area contributed by atoms with Crippen LogP contribution >= 0.6 is 11.3 Å². The smallest absolute Gasteiger partial charge is 0.407 e. The van der Waals surface area contributed by atoms with Gasteiger partial charge in [-0.2, -0.15) is 0 Å². The third-order valence-electron chi connectivity index (χ3n) is 18.8. The Morgan fingerprint density at radius 1 is 0.702 bits per heavy atom. The highest BCUT2D eigenvalue weighted by atomic mass is 32.1. The molecule has 0 spiro atoms. The molecule has 5 aromatic carbocycles. The standard InChI is InChI=1S/C73H87N11O19S/c1-5-6-11-28-101-46-23-21-43(22-24-46)70-82-81-69(104-70)42-19-17-41(18-20-42)64(93)77-52-31-44(86)33-76-68(97)62-63(92)38(2)34-84(62)72(99)61(55(89)26-27-75-73(100)103-36-51-49-14-9-7-12-47(49)48-13-8-10-15-50(48)51)80-67(96)60(56(90)29-40-16-25-54(88)57(30-40)102-37-58(91)74-4)79-66(95)53-32-45(87)35-83(53)71(98)59(39(3)85)78-65(52)94/h7-10,12-25,30,38-39,44-45,51-53,55-56,59-63,85-90,92H,5-6,11,26-29,31-37H2,1-4H3,(H,74,91)(H,75,100)(H,76,97)(H,77,93)(H,78,94)(H,79,95)(H,80,96)/t38-,39+,44+,45+,52-,53-,55+,56+,59-,60-,61-,62-,63-/m0/s1. The highest BCUT2D eigenvalue weighted by molar-refractivity contribution is 7.17. The van der Waals surface area contributed by atoms with Crippen molar-refractivity contribution in [1.29, 1.82) is 0 Å². The summed E-state index contributed by atoms with van der Waals surface area (Å²) in [6.45, 7) is 2.62. The van der Waals surface area contributed by atoms with Crippen LogP contribution < -0.4 is 46.7 Å². The predicted octanol–water partition coefficient (Wildman–Crippen LogP) is 1.15. The molecule has 3 fully saturated rings. The molecule has 104 heavy (non-hydrogen) atoms. The van der Waals surface area contributed by atoms with Crippen LogP contribution in [0.15, 0.2) is 115 Å². The minimum atomic E-state index is -2.18. The number of phenolic OH excluding ortho intramolecular Hbond substituents is 1. The number of aliphatic hydroxyl groups excluding tert-OH is 6. The number of nitrogens with one attached hydrogen (secondary N) is 7. The van der Waals surface area contributed by atoms with Gasteiger partial charge in [-0.15, -0.1) is 10.2 Å². The Kier molecular flexibility index (Phi) is 25.7. The number of amides is 9. The van der Waals surface area contributed by atoms with Gasteiger partial charge in [0.25, 0.3) is 11.8 Å².